The van der Waals surface area contributed by atoms with Gasteiger partial charge in [-0.15, -0.1) is 0 Å². The third-order valence-electron chi connectivity index (χ3n) is 1.61. The standard InChI is InChI=1S/C8H14N2O5/c1-4(9-5(2)12)7(13)10-6(3-11)8(14)15/h4,6,11H,3H2,1-2H3,(H,9,12)(H,10,13)(H,14,15)/t4?,6-/m1/s1. The highest BCUT2D eigenvalue weighted by molar-refractivity contribution is 5.89. The third-order valence-corrected chi connectivity index (χ3v) is 1.61. The number of carbonyl (C=O) groups excluding carboxylic acids is 2. The van der Waals surface area contributed by atoms with Crippen LogP contribution in [0.4, 0.5) is 0 Å². The molecule has 0 radical (unpaired) electrons. The van der Waals surface area contributed by atoms with Crippen LogP contribution in [0.15, 0.2) is 0 Å². The van der Waals surface area contributed by atoms with Crippen molar-refractivity contribution >= 4 is 17.8 Å². The molecule has 0 aliphatic rings. The molecule has 15 heavy (non-hydrogen) atoms. The number of aliphatic hydroxyl groups is 1. The Morgan fingerprint density at radius 1 is 1.27 bits per heavy atom. The molecule has 0 fully saturated rings. The van der Waals surface area contributed by atoms with Gasteiger partial charge in [0.2, 0.25) is 11.8 Å². The second-order valence-corrected chi connectivity index (χ2v) is 3.00. The molecule has 0 aromatic rings. The lowest BCUT2D eigenvalue weighted by atomic mass is 10.2. The molecule has 86 valence electrons. The summed E-state index contributed by atoms with van der Waals surface area (Å²) in [7, 11) is 0. The van der Waals surface area contributed by atoms with Crippen LogP contribution in [0, 0.1) is 0 Å². The van der Waals surface area contributed by atoms with Gasteiger partial charge in [-0.1, -0.05) is 0 Å². The zero-order valence-corrected chi connectivity index (χ0v) is 8.48. The van der Waals surface area contributed by atoms with Crippen LogP contribution in [-0.4, -0.2) is 46.7 Å². The van der Waals surface area contributed by atoms with Crippen molar-refractivity contribution in [2.45, 2.75) is 25.9 Å². The molecule has 0 aliphatic carbocycles. The lowest BCUT2D eigenvalue weighted by Crippen LogP contribution is -2.51. The van der Waals surface area contributed by atoms with E-state index in [-0.39, 0.29) is 0 Å². The van der Waals surface area contributed by atoms with Gasteiger partial charge in [-0.05, 0) is 6.92 Å². The van der Waals surface area contributed by atoms with E-state index in [4.69, 9.17) is 10.2 Å². The molecular formula is C8H14N2O5. The molecule has 0 aliphatic heterocycles. The number of aliphatic carboxylic acids is 1. The van der Waals surface area contributed by atoms with E-state index in [1.54, 1.807) is 0 Å². The fourth-order valence-corrected chi connectivity index (χ4v) is 0.853. The van der Waals surface area contributed by atoms with Crippen LogP contribution < -0.4 is 10.6 Å². The summed E-state index contributed by atoms with van der Waals surface area (Å²) in [5.74, 6) is -2.39. The minimum absolute atomic E-state index is 0.395. The molecule has 7 heteroatoms. The molecule has 0 bridgehead atoms. The number of aliphatic hydroxyl groups excluding tert-OH is 1. The van der Waals surface area contributed by atoms with Gasteiger partial charge in [-0.3, -0.25) is 9.59 Å². The van der Waals surface area contributed by atoms with Gasteiger partial charge in [0.25, 0.3) is 0 Å². The maximum Gasteiger partial charge on any atom is 0.328 e. The van der Waals surface area contributed by atoms with E-state index in [0.717, 1.165) is 0 Å². The van der Waals surface area contributed by atoms with Crippen molar-refractivity contribution in [1.29, 1.82) is 0 Å². The van der Waals surface area contributed by atoms with E-state index < -0.39 is 36.5 Å². The predicted molar refractivity (Wildman–Crippen MR) is 49.9 cm³/mol. The molecule has 2 atom stereocenters. The SMILES string of the molecule is CC(=O)NC(C)C(=O)N[C@H](CO)C(=O)O. The fourth-order valence-electron chi connectivity index (χ4n) is 0.853. The van der Waals surface area contributed by atoms with E-state index in [1.165, 1.54) is 13.8 Å². The minimum atomic E-state index is -1.35. The van der Waals surface area contributed by atoms with Crippen molar-refractivity contribution in [3.63, 3.8) is 0 Å². The van der Waals surface area contributed by atoms with Gasteiger partial charge in [0.15, 0.2) is 0 Å². The Hall–Kier alpha value is -1.63. The van der Waals surface area contributed by atoms with E-state index in [1.807, 2.05) is 0 Å². The van der Waals surface area contributed by atoms with Gasteiger partial charge in [0, 0.05) is 6.92 Å². The zero-order valence-electron chi connectivity index (χ0n) is 8.48. The summed E-state index contributed by atoms with van der Waals surface area (Å²) >= 11 is 0. The number of carbonyl (C=O) groups is 3. The second-order valence-electron chi connectivity index (χ2n) is 3.00. The second kappa shape index (κ2) is 5.97. The number of hydrogen-bond donors (Lipinski definition) is 4. The number of hydrogen-bond acceptors (Lipinski definition) is 4. The topological polar surface area (TPSA) is 116 Å². The first-order chi connectivity index (χ1) is 6.88. The van der Waals surface area contributed by atoms with Crippen LogP contribution >= 0.6 is 0 Å². The van der Waals surface area contributed by atoms with Crippen molar-refractivity contribution < 1.29 is 24.6 Å². The van der Waals surface area contributed by atoms with Gasteiger partial charge in [0.1, 0.15) is 12.1 Å². The van der Waals surface area contributed by atoms with Crippen LogP contribution in [0.5, 0.6) is 0 Å². The van der Waals surface area contributed by atoms with Crippen molar-refractivity contribution in [3.05, 3.63) is 0 Å². The molecular weight excluding hydrogens is 204 g/mol. The molecule has 2 amide bonds. The van der Waals surface area contributed by atoms with Gasteiger partial charge in [-0.2, -0.15) is 0 Å². The number of rotatable bonds is 5. The third kappa shape index (κ3) is 4.96. The quantitative estimate of drug-likeness (QED) is 0.429. The monoisotopic (exact) mass is 218 g/mol. The summed E-state index contributed by atoms with van der Waals surface area (Å²) in [6, 6.07) is -2.19. The smallest absolute Gasteiger partial charge is 0.328 e. The highest BCUT2D eigenvalue weighted by Gasteiger charge is 2.22. The highest BCUT2D eigenvalue weighted by Crippen LogP contribution is 1.87. The number of carboxylic acids is 1. The maximum absolute atomic E-state index is 11.3. The molecule has 1 unspecified atom stereocenters. The molecule has 0 saturated heterocycles. The first-order valence-electron chi connectivity index (χ1n) is 4.29. The van der Waals surface area contributed by atoms with Crippen LogP contribution in [-0.2, 0) is 14.4 Å². The van der Waals surface area contributed by atoms with E-state index in [0.29, 0.717) is 0 Å². The summed E-state index contributed by atoms with van der Waals surface area (Å²) < 4.78 is 0. The van der Waals surface area contributed by atoms with Crippen molar-refractivity contribution in [2.24, 2.45) is 0 Å². The van der Waals surface area contributed by atoms with Gasteiger partial charge in [-0.25, -0.2) is 4.79 Å². The minimum Gasteiger partial charge on any atom is -0.480 e. The van der Waals surface area contributed by atoms with Gasteiger partial charge in [0.05, 0.1) is 6.61 Å². The highest BCUT2D eigenvalue weighted by atomic mass is 16.4. The van der Waals surface area contributed by atoms with Crippen LogP contribution in [0.25, 0.3) is 0 Å². The predicted octanol–water partition coefficient (Wildman–Crippen LogP) is -1.93. The largest absolute Gasteiger partial charge is 0.480 e. The Bertz CT molecular complexity index is 266. The van der Waals surface area contributed by atoms with Crippen LogP contribution in [0.3, 0.4) is 0 Å². The molecule has 0 aromatic heterocycles. The fraction of sp³-hybridized carbons (Fsp3) is 0.625. The van der Waals surface area contributed by atoms with Crippen molar-refractivity contribution in [1.82, 2.24) is 10.6 Å². The van der Waals surface area contributed by atoms with Gasteiger partial charge >= 0.3 is 5.97 Å². The van der Waals surface area contributed by atoms with Crippen LogP contribution in [0.2, 0.25) is 0 Å². The average Bonchev–Trinajstić information content (AvgIpc) is 2.11. The Labute approximate surface area is 86.5 Å². The molecule has 7 nitrogen and oxygen atoms in total. The zero-order chi connectivity index (χ0) is 12.0. The summed E-state index contributed by atoms with van der Waals surface area (Å²) in [4.78, 5) is 32.3. The van der Waals surface area contributed by atoms with Crippen molar-refractivity contribution in [2.75, 3.05) is 6.61 Å². The Balaban J connectivity index is 4.21. The van der Waals surface area contributed by atoms with E-state index >= 15 is 0 Å². The summed E-state index contributed by atoms with van der Waals surface area (Å²) in [5, 5.41) is 21.5. The molecule has 4 N–H and O–H groups in total. The van der Waals surface area contributed by atoms with E-state index in [9.17, 15) is 14.4 Å². The summed E-state index contributed by atoms with van der Waals surface area (Å²) in [5.41, 5.74) is 0. The molecule has 0 aromatic carbocycles. The lowest BCUT2D eigenvalue weighted by Gasteiger charge is -2.16. The Morgan fingerprint density at radius 3 is 2.13 bits per heavy atom. The summed E-state index contributed by atoms with van der Waals surface area (Å²) in [6.45, 7) is 1.95. The van der Waals surface area contributed by atoms with Crippen molar-refractivity contribution in [3.8, 4) is 0 Å². The number of carboxylic acid groups (broad SMARTS) is 1. The van der Waals surface area contributed by atoms with Crippen LogP contribution in [0.1, 0.15) is 13.8 Å². The molecule has 0 saturated carbocycles. The molecule has 0 spiro atoms. The molecule has 0 rings (SSSR count). The van der Waals surface area contributed by atoms with Gasteiger partial charge < -0.3 is 20.8 Å². The first kappa shape index (κ1) is 13.4. The number of nitrogens with one attached hydrogen (secondary N) is 2. The Kier molecular flexibility index (Phi) is 5.32. The normalized spacial score (nSPS) is 13.8. The van der Waals surface area contributed by atoms with E-state index in [2.05, 4.69) is 10.6 Å². The average molecular weight is 218 g/mol. The lowest BCUT2D eigenvalue weighted by molar-refractivity contribution is -0.143. The maximum atomic E-state index is 11.3. The molecule has 0 heterocycles. The Morgan fingerprint density at radius 2 is 1.80 bits per heavy atom. The summed E-state index contributed by atoms with van der Waals surface area (Å²) in [6.07, 6.45) is 0. The first-order valence-corrected chi connectivity index (χ1v) is 4.29. The number of amides is 2.